The monoisotopic (exact) mass is 450 g/mol. The Morgan fingerprint density at radius 3 is 2.33 bits per heavy atom. The van der Waals surface area contributed by atoms with Gasteiger partial charge in [-0.25, -0.2) is 4.39 Å². The lowest BCUT2D eigenvalue weighted by Gasteiger charge is -2.18. The zero-order valence-electron chi connectivity index (χ0n) is 15.0. The number of hydrogen-bond acceptors (Lipinski definition) is 2. The van der Waals surface area contributed by atoms with Crippen molar-refractivity contribution in [1.29, 1.82) is 0 Å². The quantitative estimate of drug-likeness (QED) is 0.280. The second-order valence-corrected chi connectivity index (χ2v) is 6.44. The van der Waals surface area contributed by atoms with Crippen LogP contribution in [0.5, 0.6) is 0 Å². The smallest absolute Gasteiger partial charge is 0.225 e. The Labute approximate surface area is 160 Å². The molecular weight excluding hydrogens is 422 g/mol. The van der Waals surface area contributed by atoms with E-state index in [1.165, 1.54) is 6.07 Å². The number of hydrogen-bond donors (Lipinski definition) is 3. The van der Waals surface area contributed by atoms with Gasteiger partial charge in [-0.05, 0) is 24.1 Å². The lowest BCUT2D eigenvalue weighted by Crippen LogP contribution is -2.43. The number of carbonyl (C=O) groups is 1. The van der Waals surface area contributed by atoms with Crippen LogP contribution in [0.4, 0.5) is 4.39 Å². The summed E-state index contributed by atoms with van der Waals surface area (Å²) in [4.78, 5) is 15.8. The van der Waals surface area contributed by atoms with Crippen LogP contribution in [0, 0.1) is 18.2 Å². The van der Waals surface area contributed by atoms with Crippen LogP contribution >= 0.6 is 24.0 Å². The van der Waals surface area contributed by atoms with Gasteiger partial charge < -0.3 is 16.0 Å². The van der Waals surface area contributed by atoms with Gasteiger partial charge in [-0.3, -0.25) is 9.79 Å². The highest BCUT2D eigenvalue weighted by molar-refractivity contribution is 14.0. The van der Waals surface area contributed by atoms with Crippen LogP contribution in [0.15, 0.2) is 23.2 Å². The van der Waals surface area contributed by atoms with Crippen LogP contribution in [0.2, 0.25) is 0 Å². The van der Waals surface area contributed by atoms with Crippen LogP contribution in [0.25, 0.3) is 0 Å². The van der Waals surface area contributed by atoms with Crippen molar-refractivity contribution in [3.8, 4) is 0 Å². The van der Waals surface area contributed by atoms with Gasteiger partial charge in [0.2, 0.25) is 5.91 Å². The molecule has 0 saturated carbocycles. The fourth-order valence-electron chi connectivity index (χ4n) is 1.85. The Morgan fingerprint density at radius 1 is 1.17 bits per heavy atom. The maximum absolute atomic E-state index is 13.2. The summed E-state index contributed by atoms with van der Waals surface area (Å²) in [7, 11) is 1.68. The summed E-state index contributed by atoms with van der Waals surface area (Å²) in [5, 5.41) is 9.14. The summed E-state index contributed by atoms with van der Waals surface area (Å²) in [5.41, 5.74) is 1.21. The molecule has 7 heteroatoms. The second-order valence-electron chi connectivity index (χ2n) is 6.44. The molecule has 3 N–H and O–H groups in total. The molecule has 0 aromatic heterocycles. The lowest BCUT2D eigenvalue weighted by atomic mass is 9.96. The average Bonchev–Trinajstić information content (AvgIpc) is 2.48. The lowest BCUT2D eigenvalue weighted by molar-refractivity contribution is -0.128. The third kappa shape index (κ3) is 7.94. The van der Waals surface area contributed by atoms with Crippen molar-refractivity contribution in [1.82, 2.24) is 16.0 Å². The summed E-state index contributed by atoms with van der Waals surface area (Å²) < 4.78 is 13.2. The maximum Gasteiger partial charge on any atom is 0.225 e. The second kappa shape index (κ2) is 10.5. The highest BCUT2D eigenvalue weighted by Gasteiger charge is 2.20. The fraction of sp³-hybridized carbons (Fsp3) is 0.529. The van der Waals surface area contributed by atoms with E-state index in [9.17, 15) is 9.18 Å². The van der Waals surface area contributed by atoms with E-state index < -0.39 is 0 Å². The molecule has 0 saturated heterocycles. The van der Waals surface area contributed by atoms with E-state index in [1.54, 1.807) is 26.1 Å². The molecule has 1 rings (SSSR count). The number of rotatable bonds is 5. The number of halogens is 2. The van der Waals surface area contributed by atoms with E-state index in [0.717, 1.165) is 5.56 Å². The van der Waals surface area contributed by atoms with Gasteiger partial charge in [-0.2, -0.15) is 0 Å². The minimum Gasteiger partial charge on any atom is -0.355 e. The van der Waals surface area contributed by atoms with Gasteiger partial charge in [0.15, 0.2) is 5.96 Å². The number of aliphatic imine (C=N–C) groups is 1. The van der Waals surface area contributed by atoms with E-state index in [4.69, 9.17) is 0 Å². The first kappa shape index (κ1) is 22.6. The highest BCUT2D eigenvalue weighted by atomic mass is 127. The number of guanidine groups is 1. The number of nitrogens with zero attached hydrogens (tertiary/aromatic N) is 1. The van der Waals surface area contributed by atoms with E-state index in [1.807, 2.05) is 20.8 Å². The first-order valence-electron chi connectivity index (χ1n) is 7.72. The summed E-state index contributed by atoms with van der Waals surface area (Å²) in [6, 6.07) is 5.01. The molecule has 0 aliphatic rings. The average molecular weight is 450 g/mol. The Morgan fingerprint density at radius 2 is 1.79 bits per heavy atom. The molecule has 1 amide bonds. The fourth-order valence-corrected chi connectivity index (χ4v) is 1.85. The third-order valence-electron chi connectivity index (χ3n) is 3.29. The van der Waals surface area contributed by atoms with Crippen molar-refractivity contribution in [2.24, 2.45) is 10.4 Å². The van der Waals surface area contributed by atoms with Gasteiger partial charge >= 0.3 is 0 Å². The summed E-state index contributed by atoms with van der Waals surface area (Å²) in [5.74, 6) is 0.451. The summed E-state index contributed by atoms with van der Waals surface area (Å²) in [6.45, 7) is 9.01. The van der Waals surface area contributed by atoms with E-state index in [-0.39, 0.29) is 41.1 Å². The van der Waals surface area contributed by atoms with Crippen molar-refractivity contribution in [2.75, 3.05) is 20.1 Å². The zero-order valence-corrected chi connectivity index (χ0v) is 17.3. The minimum absolute atomic E-state index is 0. The third-order valence-corrected chi connectivity index (χ3v) is 3.29. The number of benzene rings is 1. The molecule has 24 heavy (non-hydrogen) atoms. The van der Waals surface area contributed by atoms with Gasteiger partial charge in [0, 0.05) is 32.1 Å². The topological polar surface area (TPSA) is 65.5 Å². The van der Waals surface area contributed by atoms with Gasteiger partial charge in [0.1, 0.15) is 5.82 Å². The minimum atomic E-state index is -0.389. The Bertz CT molecular complexity index is 570. The standard InChI is InChI=1S/C17H27FN4O.HI/c1-12-10-13(6-7-14(12)18)11-22-16(19-5)21-9-8-20-15(23)17(2,3)4;/h6-7,10H,8-9,11H2,1-5H3,(H,20,23)(H2,19,21,22);1H. The van der Waals surface area contributed by atoms with E-state index >= 15 is 0 Å². The van der Waals surface area contributed by atoms with Crippen molar-refractivity contribution in [2.45, 2.75) is 34.2 Å². The van der Waals surface area contributed by atoms with Gasteiger partial charge in [-0.15, -0.1) is 24.0 Å². The highest BCUT2D eigenvalue weighted by Crippen LogP contribution is 2.11. The van der Waals surface area contributed by atoms with Crippen LogP contribution < -0.4 is 16.0 Å². The Hall–Kier alpha value is -1.38. The molecule has 0 fully saturated rings. The van der Waals surface area contributed by atoms with E-state index in [2.05, 4.69) is 20.9 Å². The largest absolute Gasteiger partial charge is 0.355 e. The predicted octanol–water partition coefficient (Wildman–Crippen LogP) is 2.58. The van der Waals surface area contributed by atoms with Crippen LogP contribution in [0.3, 0.4) is 0 Å². The normalized spacial score (nSPS) is 11.5. The molecule has 0 bridgehead atoms. The van der Waals surface area contributed by atoms with Crippen molar-refractivity contribution in [3.63, 3.8) is 0 Å². The number of aryl methyl sites for hydroxylation is 1. The molecule has 136 valence electrons. The Kier molecular flexibility index (Phi) is 9.88. The van der Waals surface area contributed by atoms with Gasteiger partial charge in [0.25, 0.3) is 0 Å². The van der Waals surface area contributed by atoms with Crippen molar-refractivity contribution < 1.29 is 9.18 Å². The summed E-state index contributed by atoms with van der Waals surface area (Å²) in [6.07, 6.45) is 0. The van der Waals surface area contributed by atoms with Crippen molar-refractivity contribution >= 4 is 35.8 Å². The first-order chi connectivity index (χ1) is 10.7. The Balaban J connectivity index is 0.00000529. The van der Waals surface area contributed by atoms with Crippen molar-refractivity contribution in [3.05, 3.63) is 35.1 Å². The van der Waals surface area contributed by atoms with Crippen LogP contribution in [-0.4, -0.2) is 32.0 Å². The maximum atomic E-state index is 13.2. The molecule has 0 aliphatic heterocycles. The van der Waals surface area contributed by atoms with Gasteiger partial charge in [0.05, 0.1) is 0 Å². The van der Waals surface area contributed by atoms with Crippen LogP contribution in [-0.2, 0) is 11.3 Å². The van der Waals surface area contributed by atoms with Crippen LogP contribution in [0.1, 0.15) is 31.9 Å². The molecule has 1 aromatic carbocycles. The molecular formula is C17H28FIN4O. The molecule has 0 spiro atoms. The first-order valence-corrected chi connectivity index (χ1v) is 7.72. The molecule has 5 nitrogen and oxygen atoms in total. The SMILES string of the molecule is CN=C(NCCNC(=O)C(C)(C)C)NCc1ccc(F)c(C)c1.I. The van der Waals surface area contributed by atoms with E-state index in [0.29, 0.717) is 31.2 Å². The zero-order chi connectivity index (χ0) is 17.5. The summed E-state index contributed by atoms with van der Waals surface area (Å²) >= 11 is 0. The number of nitrogens with one attached hydrogen (secondary N) is 3. The molecule has 0 heterocycles. The molecule has 0 aliphatic carbocycles. The number of amides is 1. The molecule has 0 unspecified atom stereocenters. The molecule has 0 atom stereocenters. The van der Waals surface area contributed by atoms with Gasteiger partial charge in [-0.1, -0.05) is 32.9 Å². The molecule has 0 radical (unpaired) electrons. The number of carbonyl (C=O) groups excluding carboxylic acids is 1. The predicted molar refractivity (Wildman–Crippen MR) is 107 cm³/mol. The molecule has 1 aromatic rings.